The van der Waals surface area contributed by atoms with Crippen LogP contribution in [0.4, 0.5) is 0 Å². The Balaban J connectivity index is 2.92. The van der Waals surface area contributed by atoms with Crippen molar-refractivity contribution in [3.63, 3.8) is 0 Å². The highest BCUT2D eigenvalue weighted by molar-refractivity contribution is 5.66. The van der Waals surface area contributed by atoms with Gasteiger partial charge < -0.3 is 15.5 Å². The molecule has 0 fully saturated rings. The molecular weight excluding hydrogens is 230 g/mol. The van der Waals surface area contributed by atoms with E-state index in [1.165, 1.54) is 38.5 Å². The van der Waals surface area contributed by atoms with Gasteiger partial charge >= 0.3 is 5.97 Å². The summed E-state index contributed by atoms with van der Waals surface area (Å²) < 4.78 is 0. The van der Waals surface area contributed by atoms with E-state index in [9.17, 15) is 4.79 Å². The van der Waals surface area contributed by atoms with Crippen molar-refractivity contribution in [2.75, 3.05) is 19.7 Å². The smallest absolute Gasteiger partial charge is 0.304 e. The molecule has 0 radical (unpaired) electrons. The van der Waals surface area contributed by atoms with Gasteiger partial charge in [0.15, 0.2) is 0 Å². The predicted octanol–water partition coefficient (Wildman–Crippen LogP) is 2.55. The first-order valence-corrected chi connectivity index (χ1v) is 7.30. The molecule has 0 atom stereocenters. The van der Waals surface area contributed by atoms with Gasteiger partial charge in [0, 0.05) is 13.2 Å². The van der Waals surface area contributed by atoms with Crippen molar-refractivity contribution in [1.82, 2.24) is 5.32 Å². The third-order valence-corrected chi connectivity index (χ3v) is 3.03. The second kappa shape index (κ2) is 14.5. The Morgan fingerprint density at radius 2 is 1.28 bits per heavy atom. The molecule has 0 saturated heterocycles. The number of nitrogens with one attached hydrogen (secondary N) is 1. The normalized spacial score (nSPS) is 10.7. The fourth-order valence-electron chi connectivity index (χ4n) is 1.92. The summed E-state index contributed by atoms with van der Waals surface area (Å²) in [5.41, 5.74) is 0. The van der Waals surface area contributed by atoms with Gasteiger partial charge in [0.25, 0.3) is 0 Å². The lowest BCUT2D eigenvalue weighted by atomic mass is 10.1. The van der Waals surface area contributed by atoms with Crippen LogP contribution in [-0.2, 0) is 4.79 Å². The van der Waals surface area contributed by atoms with Gasteiger partial charge in [0.05, 0.1) is 6.42 Å². The molecule has 0 aliphatic heterocycles. The number of aliphatic hydroxyl groups is 1. The standard InChI is InChI=1S/C14H29NO3/c16-13-9-7-5-3-1-2-4-6-8-11-15-12-10-14(17)18/h15-16H,1-13H2,(H,17,18). The first kappa shape index (κ1) is 17.4. The SMILES string of the molecule is O=C(O)CCNCCCCCCCCCCCO. The zero-order valence-corrected chi connectivity index (χ0v) is 11.5. The van der Waals surface area contributed by atoms with Gasteiger partial charge in [0.1, 0.15) is 0 Å². The third kappa shape index (κ3) is 15.4. The largest absolute Gasteiger partial charge is 0.481 e. The monoisotopic (exact) mass is 259 g/mol. The summed E-state index contributed by atoms with van der Waals surface area (Å²) in [7, 11) is 0. The molecule has 0 bridgehead atoms. The second-order valence-electron chi connectivity index (χ2n) is 4.80. The molecule has 0 aliphatic rings. The highest BCUT2D eigenvalue weighted by Gasteiger charge is 1.95. The van der Waals surface area contributed by atoms with Gasteiger partial charge in [0.2, 0.25) is 0 Å². The third-order valence-electron chi connectivity index (χ3n) is 3.03. The molecule has 0 aromatic rings. The molecule has 18 heavy (non-hydrogen) atoms. The number of aliphatic hydroxyl groups excluding tert-OH is 1. The summed E-state index contributed by atoms with van der Waals surface area (Å²) in [6.45, 7) is 1.85. The average molecular weight is 259 g/mol. The van der Waals surface area contributed by atoms with Crippen molar-refractivity contribution in [3.8, 4) is 0 Å². The van der Waals surface area contributed by atoms with Gasteiger partial charge in [-0.15, -0.1) is 0 Å². The minimum absolute atomic E-state index is 0.216. The summed E-state index contributed by atoms with van der Waals surface area (Å²) in [6.07, 6.45) is 11.1. The van der Waals surface area contributed by atoms with Crippen molar-refractivity contribution in [2.45, 2.75) is 64.2 Å². The fraction of sp³-hybridized carbons (Fsp3) is 0.929. The molecule has 0 aliphatic carbocycles. The van der Waals surface area contributed by atoms with Gasteiger partial charge in [-0.3, -0.25) is 4.79 Å². The zero-order valence-electron chi connectivity index (χ0n) is 11.5. The van der Waals surface area contributed by atoms with E-state index in [4.69, 9.17) is 10.2 Å². The molecule has 4 heteroatoms. The van der Waals surface area contributed by atoms with E-state index in [0.717, 1.165) is 25.8 Å². The van der Waals surface area contributed by atoms with Crippen LogP contribution in [0.2, 0.25) is 0 Å². The summed E-state index contributed by atoms with van der Waals surface area (Å²) in [5.74, 6) is -0.733. The molecule has 0 aromatic heterocycles. The predicted molar refractivity (Wildman–Crippen MR) is 73.8 cm³/mol. The van der Waals surface area contributed by atoms with Crippen LogP contribution in [0.15, 0.2) is 0 Å². The average Bonchev–Trinajstić information content (AvgIpc) is 2.34. The Kier molecular flexibility index (Phi) is 14.0. The van der Waals surface area contributed by atoms with Crippen molar-refractivity contribution in [2.24, 2.45) is 0 Å². The number of hydrogen-bond donors (Lipinski definition) is 3. The van der Waals surface area contributed by atoms with Crippen LogP contribution in [0.5, 0.6) is 0 Å². The Morgan fingerprint density at radius 1 is 0.778 bits per heavy atom. The molecule has 0 amide bonds. The molecule has 0 spiro atoms. The van der Waals surface area contributed by atoms with Crippen LogP contribution >= 0.6 is 0 Å². The molecular formula is C14H29NO3. The van der Waals surface area contributed by atoms with Gasteiger partial charge in [-0.2, -0.15) is 0 Å². The molecule has 3 N–H and O–H groups in total. The van der Waals surface area contributed by atoms with Gasteiger partial charge in [-0.25, -0.2) is 0 Å². The lowest BCUT2D eigenvalue weighted by Crippen LogP contribution is -2.19. The Bertz CT molecular complexity index is 186. The molecule has 108 valence electrons. The first-order chi connectivity index (χ1) is 8.77. The topological polar surface area (TPSA) is 69.6 Å². The number of carbonyl (C=O) groups is 1. The summed E-state index contributed by atoms with van der Waals surface area (Å²) in [4.78, 5) is 10.2. The molecule has 0 aromatic carbocycles. The van der Waals surface area contributed by atoms with Gasteiger partial charge in [-0.1, -0.05) is 44.9 Å². The van der Waals surface area contributed by atoms with E-state index in [0.29, 0.717) is 13.2 Å². The number of carboxylic acid groups (broad SMARTS) is 1. The Hall–Kier alpha value is -0.610. The van der Waals surface area contributed by atoms with Crippen molar-refractivity contribution >= 4 is 5.97 Å². The highest BCUT2D eigenvalue weighted by atomic mass is 16.4. The lowest BCUT2D eigenvalue weighted by Gasteiger charge is -2.03. The molecule has 4 nitrogen and oxygen atoms in total. The Morgan fingerprint density at radius 3 is 1.78 bits per heavy atom. The van der Waals surface area contributed by atoms with Crippen LogP contribution in [-0.4, -0.2) is 35.9 Å². The maximum atomic E-state index is 10.2. The van der Waals surface area contributed by atoms with Crippen LogP contribution in [0, 0.1) is 0 Å². The van der Waals surface area contributed by atoms with Crippen LogP contribution in [0.3, 0.4) is 0 Å². The molecule has 0 saturated carbocycles. The quantitative estimate of drug-likeness (QED) is 0.419. The molecule has 0 unspecified atom stereocenters. The number of hydrogen-bond acceptors (Lipinski definition) is 3. The summed E-state index contributed by atoms with van der Waals surface area (Å²) in [5, 5.41) is 20.2. The van der Waals surface area contributed by atoms with Gasteiger partial charge in [-0.05, 0) is 19.4 Å². The fourth-order valence-corrected chi connectivity index (χ4v) is 1.92. The number of carboxylic acids is 1. The van der Waals surface area contributed by atoms with E-state index in [2.05, 4.69) is 5.32 Å². The second-order valence-corrected chi connectivity index (χ2v) is 4.80. The highest BCUT2D eigenvalue weighted by Crippen LogP contribution is 2.09. The van der Waals surface area contributed by atoms with Crippen LogP contribution < -0.4 is 5.32 Å². The van der Waals surface area contributed by atoms with Crippen LogP contribution in [0.25, 0.3) is 0 Å². The first-order valence-electron chi connectivity index (χ1n) is 7.30. The van der Waals surface area contributed by atoms with E-state index in [1.54, 1.807) is 0 Å². The maximum Gasteiger partial charge on any atom is 0.304 e. The Labute approximate surface area is 111 Å². The van der Waals surface area contributed by atoms with Crippen molar-refractivity contribution in [1.29, 1.82) is 0 Å². The summed E-state index contributed by atoms with van der Waals surface area (Å²) >= 11 is 0. The van der Waals surface area contributed by atoms with E-state index in [-0.39, 0.29) is 6.42 Å². The minimum atomic E-state index is -0.733. The van der Waals surface area contributed by atoms with E-state index < -0.39 is 5.97 Å². The number of aliphatic carboxylic acids is 1. The number of unbranched alkanes of at least 4 members (excludes halogenated alkanes) is 8. The zero-order chi connectivity index (χ0) is 13.5. The van der Waals surface area contributed by atoms with E-state index >= 15 is 0 Å². The van der Waals surface area contributed by atoms with Crippen molar-refractivity contribution < 1.29 is 15.0 Å². The number of rotatable bonds is 14. The molecule has 0 rings (SSSR count). The minimum Gasteiger partial charge on any atom is -0.481 e. The van der Waals surface area contributed by atoms with E-state index in [1.807, 2.05) is 0 Å². The lowest BCUT2D eigenvalue weighted by molar-refractivity contribution is -0.136. The van der Waals surface area contributed by atoms with Crippen molar-refractivity contribution in [3.05, 3.63) is 0 Å². The summed E-state index contributed by atoms with van der Waals surface area (Å²) in [6, 6.07) is 0. The maximum absolute atomic E-state index is 10.2. The van der Waals surface area contributed by atoms with Crippen LogP contribution in [0.1, 0.15) is 64.2 Å². The molecule has 0 heterocycles.